The van der Waals surface area contributed by atoms with Gasteiger partial charge in [-0.25, -0.2) is 0 Å². The standard InChI is InChI=1S/C15H24BrN3/c1-2-8-19(11-13-4-3-7-17-9-13)12-15-6-5-14(16)10-18-15/h5-6,10,13,17H,2-4,7-9,11-12H2,1H3. The lowest BCUT2D eigenvalue weighted by molar-refractivity contribution is 0.199. The van der Waals surface area contributed by atoms with Crippen LogP contribution in [0.15, 0.2) is 22.8 Å². The van der Waals surface area contributed by atoms with Crippen LogP contribution >= 0.6 is 15.9 Å². The molecule has 0 bridgehead atoms. The predicted molar refractivity (Wildman–Crippen MR) is 83.1 cm³/mol. The summed E-state index contributed by atoms with van der Waals surface area (Å²) in [5.74, 6) is 0.802. The molecule has 1 N–H and O–H groups in total. The van der Waals surface area contributed by atoms with Gasteiger partial charge >= 0.3 is 0 Å². The van der Waals surface area contributed by atoms with Gasteiger partial charge in [0.05, 0.1) is 5.69 Å². The lowest BCUT2D eigenvalue weighted by atomic mass is 9.99. The van der Waals surface area contributed by atoms with E-state index >= 15 is 0 Å². The number of nitrogens with one attached hydrogen (secondary N) is 1. The fourth-order valence-electron chi connectivity index (χ4n) is 2.73. The Hall–Kier alpha value is -0.450. The number of hydrogen-bond donors (Lipinski definition) is 1. The molecule has 0 radical (unpaired) electrons. The Morgan fingerprint density at radius 2 is 2.37 bits per heavy atom. The van der Waals surface area contributed by atoms with E-state index in [-0.39, 0.29) is 0 Å². The minimum absolute atomic E-state index is 0.802. The largest absolute Gasteiger partial charge is 0.316 e. The average molecular weight is 326 g/mol. The Morgan fingerprint density at radius 3 is 3.00 bits per heavy atom. The molecule has 106 valence electrons. The van der Waals surface area contributed by atoms with E-state index in [4.69, 9.17) is 0 Å². The summed E-state index contributed by atoms with van der Waals surface area (Å²) in [7, 11) is 0. The Kier molecular flexibility index (Phi) is 6.28. The molecule has 1 aliphatic rings. The molecule has 2 heterocycles. The number of pyridine rings is 1. The first-order valence-electron chi connectivity index (χ1n) is 7.31. The molecule has 1 saturated heterocycles. The van der Waals surface area contributed by atoms with Crippen LogP contribution in [0.5, 0.6) is 0 Å². The third-order valence-electron chi connectivity index (χ3n) is 3.63. The van der Waals surface area contributed by atoms with E-state index in [9.17, 15) is 0 Å². The highest BCUT2D eigenvalue weighted by atomic mass is 79.9. The first kappa shape index (κ1) is 14.9. The zero-order valence-corrected chi connectivity index (χ0v) is 13.3. The number of rotatable bonds is 6. The fourth-order valence-corrected chi connectivity index (χ4v) is 2.96. The molecular formula is C15H24BrN3. The SMILES string of the molecule is CCCN(Cc1ccc(Br)cn1)CC1CCCNC1. The smallest absolute Gasteiger partial charge is 0.0544 e. The van der Waals surface area contributed by atoms with E-state index in [0.717, 1.165) is 23.5 Å². The van der Waals surface area contributed by atoms with Crippen LogP contribution in [-0.2, 0) is 6.54 Å². The molecule has 1 aliphatic heterocycles. The molecule has 0 aromatic carbocycles. The van der Waals surface area contributed by atoms with Gasteiger partial charge in [-0.15, -0.1) is 0 Å². The number of hydrogen-bond acceptors (Lipinski definition) is 3. The van der Waals surface area contributed by atoms with Crippen molar-refractivity contribution in [2.75, 3.05) is 26.2 Å². The maximum absolute atomic E-state index is 4.49. The summed E-state index contributed by atoms with van der Waals surface area (Å²) in [4.78, 5) is 7.04. The molecule has 1 atom stereocenters. The van der Waals surface area contributed by atoms with E-state index in [2.05, 4.69) is 50.2 Å². The van der Waals surface area contributed by atoms with Crippen molar-refractivity contribution in [3.8, 4) is 0 Å². The van der Waals surface area contributed by atoms with E-state index in [1.807, 2.05) is 6.20 Å². The Bertz CT molecular complexity index is 360. The highest BCUT2D eigenvalue weighted by molar-refractivity contribution is 9.10. The third-order valence-corrected chi connectivity index (χ3v) is 4.10. The maximum Gasteiger partial charge on any atom is 0.0544 e. The maximum atomic E-state index is 4.49. The lowest BCUT2D eigenvalue weighted by Crippen LogP contribution is -2.38. The summed E-state index contributed by atoms with van der Waals surface area (Å²) >= 11 is 3.44. The highest BCUT2D eigenvalue weighted by Crippen LogP contribution is 2.14. The van der Waals surface area contributed by atoms with Gasteiger partial charge in [0, 0.05) is 23.8 Å². The zero-order valence-electron chi connectivity index (χ0n) is 11.7. The molecule has 3 nitrogen and oxygen atoms in total. The summed E-state index contributed by atoms with van der Waals surface area (Å²) in [5.41, 5.74) is 1.17. The van der Waals surface area contributed by atoms with Gasteiger partial charge in [0.25, 0.3) is 0 Å². The molecule has 1 aromatic rings. The first-order chi connectivity index (χ1) is 9.28. The number of halogens is 1. The van der Waals surface area contributed by atoms with Gasteiger partial charge in [0.2, 0.25) is 0 Å². The molecule has 2 rings (SSSR count). The van der Waals surface area contributed by atoms with Gasteiger partial charge in [0.1, 0.15) is 0 Å². The second kappa shape index (κ2) is 7.98. The summed E-state index contributed by atoms with van der Waals surface area (Å²) in [6.45, 7) is 7.94. The highest BCUT2D eigenvalue weighted by Gasteiger charge is 2.17. The van der Waals surface area contributed by atoms with Crippen LogP contribution in [-0.4, -0.2) is 36.1 Å². The van der Waals surface area contributed by atoms with Crippen molar-refractivity contribution in [2.45, 2.75) is 32.7 Å². The van der Waals surface area contributed by atoms with Crippen molar-refractivity contribution in [2.24, 2.45) is 5.92 Å². The first-order valence-corrected chi connectivity index (χ1v) is 8.10. The van der Waals surface area contributed by atoms with Crippen LogP contribution in [0.1, 0.15) is 31.9 Å². The van der Waals surface area contributed by atoms with Gasteiger partial charge < -0.3 is 5.32 Å². The second-order valence-corrected chi connectivity index (χ2v) is 6.33. The summed E-state index contributed by atoms with van der Waals surface area (Å²) in [6, 6.07) is 4.19. The minimum atomic E-state index is 0.802. The van der Waals surface area contributed by atoms with Gasteiger partial charge in [-0.1, -0.05) is 6.92 Å². The summed E-state index contributed by atoms with van der Waals surface area (Å²) in [6.07, 6.45) is 5.78. The molecule has 0 spiro atoms. The van der Waals surface area contributed by atoms with Gasteiger partial charge in [-0.3, -0.25) is 9.88 Å². The number of aromatic nitrogens is 1. The lowest BCUT2D eigenvalue weighted by Gasteiger charge is -2.29. The fraction of sp³-hybridized carbons (Fsp3) is 0.667. The van der Waals surface area contributed by atoms with Crippen LogP contribution in [0, 0.1) is 5.92 Å². The normalized spacial score (nSPS) is 19.8. The molecule has 4 heteroatoms. The van der Waals surface area contributed by atoms with Gasteiger partial charge in [-0.05, 0) is 72.9 Å². The van der Waals surface area contributed by atoms with Crippen molar-refractivity contribution >= 4 is 15.9 Å². The third kappa shape index (κ3) is 5.21. The molecule has 1 aromatic heterocycles. The minimum Gasteiger partial charge on any atom is -0.316 e. The van der Waals surface area contributed by atoms with E-state index in [0.29, 0.717) is 0 Å². The van der Waals surface area contributed by atoms with Crippen LogP contribution < -0.4 is 5.32 Å². The Morgan fingerprint density at radius 1 is 1.47 bits per heavy atom. The van der Waals surface area contributed by atoms with Crippen LogP contribution in [0.3, 0.4) is 0 Å². The Balaban J connectivity index is 1.89. The Labute approximate surface area is 124 Å². The quantitative estimate of drug-likeness (QED) is 0.871. The predicted octanol–water partition coefficient (Wildman–Crippen LogP) is 3.06. The number of nitrogens with zero attached hydrogens (tertiary/aromatic N) is 2. The molecule has 0 aliphatic carbocycles. The van der Waals surface area contributed by atoms with Crippen LogP contribution in [0.25, 0.3) is 0 Å². The number of piperidine rings is 1. The van der Waals surface area contributed by atoms with Crippen molar-refractivity contribution < 1.29 is 0 Å². The van der Waals surface area contributed by atoms with Gasteiger partial charge in [-0.2, -0.15) is 0 Å². The van der Waals surface area contributed by atoms with Gasteiger partial charge in [0.15, 0.2) is 0 Å². The summed E-state index contributed by atoms with van der Waals surface area (Å²) < 4.78 is 1.05. The molecule has 19 heavy (non-hydrogen) atoms. The van der Waals surface area contributed by atoms with Crippen molar-refractivity contribution in [3.63, 3.8) is 0 Å². The summed E-state index contributed by atoms with van der Waals surface area (Å²) in [5, 5.41) is 3.51. The van der Waals surface area contributed by atoms with E-state index in [1.165, 1.54) is 44.6 Å². The van der Waals surface area contributed by atoms with E-state index < -0.39 is 0 Å². The molecular weight excluding hydrogens is 302 g/mol. The van der Waals surface area contributed by atoms with Crippen molar-refractivity contribution in [1.29, 1.82) is 0 Å². The van der Waals surface area contributed by atoms with Crippen LogP contribution in [0.2, 0.25) is 0 Å². The molecule has 0 amide bonds. The van der Waals surface area contributed by atoms with E-state index in [1.54, 1.807) is 0 Å². The molecule has 1 unspecified atom stereocenters. The van der Waals surface area contributed by atoms with Crippen molar-refractivity contribution in [1.82, 2.24) is 15.2 Å². The topological polar surface area (TPSA) is 28.2 Å². The average Bonchev–Trinajstić information content (AvgIpc) is 2.43. The molecule has 1 fully saturated rings. The van der Waals surface area contributed by atoms with Crippen molar-refractivity contribution in [3.05, 3.63) is 28.5 Å². The monoisotopic (exact) mass is 325 g/mol. The van der Waals surface area contributed by atoms with Crippen LogP contribution in [0.4, 0.5) is 0 Å². The molecule has 0 saturated carbocycles. The zero-order chi connectivity index (χ0) is 13.5. The second-order valence-electron chi connectivity index (χ2n) is 5.42.